The molecule has 1 aromatic carbocycles. The third-order valence-electron chi connectivity index (χ3n) is 3.73. The maximum absolute atomic E-state index is 11.2. The minimum atomic E-state index is -0.932. The molecule has 1 N–H and O–H groups in total. The molecule has 3 nitrogen and oxygen atoms in total. The summed E-state index contributed by atoms with van der Waals surface area (Å²) in [7, 11) is 1.87. The van der Waals surface area contributed by atoms with Gasteiger partial charge in [0.05, 0.1) is 16.4 Å². The lowest BCUT2D eigenvalue weighted by molar-refractivity contribution is 0.0525. The summed E-state index contributed by atoms with van der Waals surface area (Å²) in [5, 5.41) is 15.4. The van der Waals surface area contributed by atoms with E-state index in [0.29, 0.717) is 0 Å². The summed E-state index contributed by atoms with van der Waals surface area (Å²) >= 11 is 3.50. The van der Waals surface area contributed by atoms with Crippen LogP contribution in [-0.4, -0.2) is 14.9 Å². The molecule has 2 aromatic rings. The second-order valence-corrected chi connectivity index (χ2v) is 5.69. The number of nitrogens with zero attached hydrogens (tertiary/aromatic N) is 2. The van der Waals surface area contributed by atoms with Crippen LogP contribution in [-0.2, 0) is 19.1 Å². The van der Waals surface area contributed by atoms with Gasteiger partial charge in [-0.05, 0) is 46.3 Å². The molecule has 1 atom stereocenters. The van der Waals surface area contributed by atoms with Crippen LogP contribution >= 0.6 is 15.9 Å². The van der Waals surface area contributed by atoms with E-state index in [0.717, 1.165) is 35.0 Å². The van der Waals surface area contributed by atoms with Gasteiger partial charge in [0.1, 0.15) is 5.60 Å². The molecule has 3 rings (SSSR count). The monoisotopic (exact) mass is 306 g/mol. The van der Waals surface area contributed by atoms with Crippen LogP contribution in [0.25, 0.3) is 0 Å². The number of benzene rings is 1. The number of fused-ring (bicyclic) bond motifs is 1. The molecular formula is C14H15BrN2O. The van der Waals surface area contributed by atoms with Crippen molar-refractivity contribution in [2.45, 2.75) is 24.9 Å². The Morgan fingerprint density at radius 2 is 2.17 bits per heavy atom. The Morgan fingerprint density at radius 3 is 2.89 bits per heavy atom. The zero-order valence-electron chi connectivity index (χ0n) is 10.2. The first kappa shape index (κ1) is 11.9. The Labute approximate surface area is 115 Å². The van der Waals surface area contributed by atoms with E-state index >= 15 is 0 Å². The maximum atomic E-state index is 11.2. The van der Waals surface area contributed by atoms with Crippen LogP contribution in [0.4, 0.5) is 0 Å². The lowest BCUT2D eigenvalue weighted by Gasteiger charge is -2.35. The van der Waals surface area contributed by atoms with E-state index in [2.05, 4.69) is 27.1 Å². The highest BCUT2D eigenvalue weighted by molar-refractivity contribution is 9.10. The number of hydrogen-bond donors (Lipinski definition) is 1. The molecular weight excluding hydrogens is 292 g/mol. The summed E-state index contributed by atoms with van der Waals surface area (Å²) in [4.78, 5) is 0. The average molecular weight is 307 g/mol. The normalized spacial score (nSPS) is 22.8. The van der Waals surface area contributed by atoms with Gasteiger partial charge in [-0.3, -0.25) is 4.68 Å². The van der Waals surface area contributed by atoms with Crippen molar-refractivity contribution in [2.24, 2.45) is 7.05 Å². The van der Waals surface area contributed by atoms with Crippen LogP contribution in [0, 0.1) is 0 Å². The molecule has 0 radical (unpaired) electrons. The minimum Gasteiger partial charge on any atom is -0.379 e. The van der Waals surface area contributed by atoms with E-state index in [1.807, 2.05) is 25.2 Å². The standard InChI is InChI=1S/C14H15BrN2O/c1-17-13(12(15)9-16-17)14(18)8-4-6-10-5-2-3-7-11(10)14/h2-3,5,7,9,18H,4,6,8H2,1H3. The molecule has 0 spiro atoms. The minimum absolute atomic E-state index is 0.738. The van der Waals surface area contributed by atoms with Crippen molar-refractivity contribution in [1.29, 1.82) is 0 Å². The summed E-state index contributed by atoms with van der Waals surface area (Å²) in [5.74, 6) is 0. The summed E-state index contributed by atoms with van der Waals surface area (Å²) in [6.07, 6.45) is 4.51. The second kappa shape index (κ2) is 4.21. The molecule has 18 heavy (non-hydrogen) atoms. The number of aryl methyl sites for hydroxylation is 2. The fraction of sp³-hybridized carbons (Fsp3) is 0.357. The first-order valence-corrected chi connectivity index (χ1v) is 6.91. The van der Waals surface area contributed by atoms with E-state index in [1.54, 1.807) is 10.9 Å². The summed E-state index contributed by atoms with van der Waals surface area (Å²) in [6.45, 7) is 0. The average Bonchev–Trinajstić information content (AvgIpc) is 2.70. The molecule has 1 aromatic heterocycles. The Hall–Kier alpha value is -1.13. The van der Waals surface area contributed by atoms with E-state index < -0.39 is 5.60 Å². The molecule has 1 aliphatic rings. The van der Waals surface area contributed by atoms with Gasteiger partial charge in [0.15, 0.2) is 0 Å². The number of rotatable bonds is 1. The predicted molar refractivity (Wildman–Crippen MR) is 73.3 cm³/mol. The Balaban J connectivity index is 2.23. The number of hydrogen-bond acceptors (Lipinski definition) is 2. The molecule has 0 saturated carbocycles. The zero-order valence-corrected chi connectivity index (χ0v) is 11.8. The molecule has 0 fully saturated rings. The highest BCUT2D eigenvalue weighted by Gasteiger charge is 2.39. The fourth-order valence-corrected chi connectivity index (χ4v) is 3.61. The SMILES string of the molecule is Cn1ncc(Br)c1C1(O)CCCc2ccccc21. The van der Waals surface area contributed by atoms with Crippen molar-refractivity contribution in [3.8, 4) is 0 Å². The lowest BCUT2D eigenvalue weighted by Crippen LogP contribution is -2.34. The van der Waals surface area contributed by atoms with Gasteiger partial charge in [0.2, 0.25) is 0 Å². The third-order valence-corrected chi connectivity index (χ3v) is 4.31. The van der Waals surface area contributed by atoms with Crippen LogP contribution < -0.4 is 0 Å². The Kier molecular flexibility index (Phi) is 2.79. The van der Waals surface area contributed by atoms with Crippen molar-refractivity contribution in [2.75, 3.05) is 0 Å². The summed E-state index contributed by atoms with van der Waals surface area (Å²) < 4.78 is 2.62. The first-order valence-electron chi connectivity index (χ1n) is 6.11. The number of aliphatic hydroxyl groups is 1. The van der Waals surface area contributed by atoms with Crippen molar-refractivity contribution in [3.05, 3.63) is 51.8 Å². The van der Waals surface area contributed by atoms with Gasteiger partial charge in [-0.1, -0.05) is 24.3 Å². The quantitative estimate of drug-likeness (QED) is 0.880. The molecule has 94 valence electrons. The molecule has 0 saturated heterocycles. The van der Waals surface area contributed by atoms with E-state index in [4.69, 9.17) is 0 Å². The van der Waals surface area contributed by atoms with Gasteiger partial charge >= 0.3 is 0 Å². The highest BCUT2D eigenvalue weighted by Crippen LogP contribution is 2.42. The van der Waals surface area contributed by atoms with E-state index in [9.17, 15) is 5.11 Å². The second-order valence-electron chi connectivity index (χ2n) is 4.84. The van der Waals surface area contributed by atoms with E-state index in [1.165, 1.54) is 5.56 Å². The summed E-state index contributed by atoms with van der Waals surface area (Å²) in [5.41, 5.74) is 2.16. The van der Waals surface area contributed by atoms with Gasteiger partial charge in [-0.25, -0.2) is 0 Å². The smallest absolute Gasteiger partial charge is 0.132 e. The molecule has 1 aliphatic carbocycles. The predicted octanol–water partition coefficient (Wildman–Crippen LogP) is 2.75. The van der Waals surface area contributed by atoms with Gasteiger partial charge in [0, 0.05) is 7.05 Å². The van der Waals surface area contributed by atoms with Crippen LogP contribution in [0.5, 0.6) is 0 Å². The summed E-state index contributed by atoms with van der Waals surface area (Å²) in [6, 6.07) is 8.14. The molecule has 0 aliphatic heterocycles. The van der Waals surface area contributed by atoms with Crippen LogP contribution in [0.1, 0.15) is 29.7 Å². The van der Waals surface area contributed by atoms with Crippen LogP contribution in [0.2, 0.25) is 0 Å². The Morgan fingerprint density at radius 1 is 1.39 bits per heavy atom. The largest absolute Gasteiger partial charge is 0.379 e. The highest BCUT2D eigenvalue weighted by atomic mass is 79.9. The molecule has 0 amide bonds. The molecule has 1 heterocycles. The first-order chi connectivity index (χ1) is 8.63. The van der Waals surface area contributed by atoms with Gasteiger partial charge in [-0.2, -0.15) is 5.10 Å². The third kappa shape index (κ3) is 1.63. The van der Waals surface area contributed by atoms with Crippen molar-refractivity contribution >= 4 is 15.9 Å². The van der Waals surface area contributed by atoms with Gasteiger partial charge in [0.25, 0.3) is 0 Å². The Bertz CT molecular complexity index is 574. The molecule has 0 bridgehead atoms. The lowest BCUT2D eigenvalue weighted by atomic mass is 9.77. The maximum Gasteiger partial charge on any atom is 0.132 e. The van der Waals surface area contributed by atoms with Crippen LogP contribution in [0.15, 0.2) is 34.9 Å². The fourth-order valence-electron chi connectivity index (χ4n) is 2.93. The molecule has 1 unspecified atom stereocenters. The number of halogens is 1. The number of aromatic nitrogens is 2. The van der Waals surface area contributed by atoms with Gasteiger partial charge < -0.3 is 5.11 Å². The van der Waals surface area contributed by atoms with E-state index in [-0.39, 0.29) is 0 Å². The topological polar surface area (TPSA) is 38.0 Å². The zero-order chi connectivity index (χ0) is 12.8. The van der Waals surface area contributed by atoms with Gasteiger partial charge in [-0.15, -0.1) is 0 Å². The van der Waals surface area contributed by atoms with Crippen molar-refractivity contribution in [3.63, 3.8) is 0 Å². The van der Waals surface area contributed by atoms with Crippen molar-refractivity contribution in [1.82, 2.24) is 9.78 Å². The molecule has 4 heteroatoms. The van der Waals surface area contributed by atoms with Crippen LogP contribution in [0.3, 0.4) is 0 Å². The van der Waals surface area contributed by atoms with Crippen molar-refractivity contribution < 1.29 is 5.11 Å².